The van der Waals surface area contributed by atoms with E-state index in [9.17, 15) is 10.2 Å². The van der Waals surface area contributed by atoms with Gasteiger partial charge < -0.3 is 20.0 Å². The summed E-state index contributed by atoms with van der Waals surface area (Å²) in [6.45, 7) is 8.68. The van der Waals surface area contributed by atoms with Crippen molar-refractivity contribution in [2.45, 2.75) is 68.6 Å². The summed E-state index contributed by atoms with van der Waals surface area (Å²) in [7, 11) is 0. The zero-order chi connectivity index (χ0) is 27.4. The van der Waals surface area contributed by atoms with Crippen LogP contribution in [-0.4, -0.2) is 61.9 Å². The third-order valence-corrected chi connectivity index (χ3v) is 10.3. The molecule has 6 rings (SSSR count). The van der Waals surface area contributed by atoms with Crippen LogP contribution in [0.2, 0.25) is 5.02 Å². The lowest BCUT2D eigenvalue weighted by molar-refractivity contribution is 0.00438. The van der Waals surface area contributed by atoms with Gasteiger partial charge in [-0.1, -0.05) is 29.4 Å². The molecule has 2 aliphatic heterocycles. The zero-order valence-electron chi connectivity index (χ0n) is 22.7. The van der Waals surface area contributed by atoms with Gasteiger partial charge in [0.2, 0.25) is 0 Å². The van der Waals surface area contributed by atoms with Gasteiger partial charge in [-0.15, -0.1) is 0 Å². The molecule has 2 saturated heterocycles. The van der Waals surface area contributed by atoms with E-state index in [1.54, 1.807) is 6.20 Å². The highest BCUT2D eigenvalue weighted by Gasteiger charge is 2.41. The maximum Gasteiger partial charge on any atom is 0.153 e. The van der Waals surface area contributed by atoms with Crippen LogP contribution >= 0.6 is 23.4 Å². The number of nitrogens with zero attached hydrogens (tertiary/aromatic N) is 6. The average molecular weight is 567 g/mol. The van der Waals surface area contributed by atoms with Crippen molar-refractivity contribution in [2.24, 2.45) is 11.3 Å². The van der Waals surface area contributed by atoms with Gasteiger partial charge in [0.05, 0.1) is 22.9 Å². The van der Waals surface area contributed by atoms with Crippen molar-refractivity contribution in [1.29, 1.82) is 0 Å². The number of anilines is 2. The molecule has 0 bridgehead atoms. The third-order valence-electron chi connectivity index (χ3n) is 8.67. The van der Waals surface area contributed by atoms with Crippen molar-refractivity contribution in [3.05, 3.63) is 58.3 Å². The maximum absolute atomic E-state index is 10.3. The number of rotatable bonds is 6. The number of halogens is 1. The van der Waals surface area contributed by atoms with Gasteiger partial charge in [0, 0.05) is 55.1 Å². The van der Waals surface area contributed by atoms with Crippen LogP contribution in [0.25, 0.3) is 0 Å². The Morgan fingerprint density at radius 3 is 2.51 bits per heavy atom. The molecule has 3 aromatic rings. The van der Waals surface area contributed by atoms with Crippen LogP contribution in [0.3, 0.4) is 0 Å². The van der Waals surface area contributed by atoms with E-state index in [0.29, 0.717) is 23.8 Å². The summed E-state index contributed by atoms with van der Waals surface area (Å²) < 4.78 is 0. The van der Waals surface area contributed by atoms with E-state index < -0.39 is 5.60 Å². The Kier molecular flexibility index (Phi) is 6.98. The molecule has 0 atom stereocenters. The van der Waals surface area contributed by atoms with Gasteiger partial charge in [-0.2, -0.15) is 0 Å². The number of aryl methyl sites for hydroxylation is 1. The fraction of sp³-hybridized carbons (Fsp3) is 0.517. The third kappa shape index (κ3) is 5.10. The van der Waals surface area contributed by atoms with Gasteiger partial charge in [0.15, 0.2) is 5.82 Å². The Morgan fingerprint density at radius 1 is 1.05 bits per heavy atom. The number of pyridine rings is 2. The second kappa shape index (κ2) is 10.2. The molecule has 5 heterocycles. The van der Waals surface area contributed by atoms with Crippen LogP contribution < -0.4 is 9.80 Å². The number of fused-ring (bicyclic) bond motifs is 1. The maximum atomic E-state index is 10.3. The molecule has 3 aromatic heterocycles. The van der Waals surface area contributed by atoms with Crippen molar-refractivity contribution < 1.29 is 10.2 Å². The molecule has 10 heteroatoms. The van der Waals surface area contributed by atoms with Crippen molar-refractivity contribution >= 4 is 35.0 Å². The van der Waals surface area contributed by atoms with E-state index in [0.717, 1.165) is 66.0 Å². The molecule has 39 heavy (non-hydrogen) atoms. The molecule has 1 spiro atoms. The van der Waals surface area contributed by atoms with Crippen LogP contribution in [0.4, 0.5) is 11.6 Å². The quantitative estimate of drug-likeness (QED) is 0.448. The smallest absolute Gasteiger partial charge is 0.153 e. The predicted octanol–water partition coefficient (Wildman–Crippen LogP) is 4.46. The van der Waals surface area contributed by atoms with Crippen molar-refractivity contribution in [1.82, 2.24) is 19.9 Å². The van der Waals surface area contributed by atoms with E-state index in [2.05, 4.69) is 25.8 Å². The topological polar surface area (TPSA) is 98.5 Å². The van der Waals surface area contributed by atoms with Gasteiger partial charge in [-0.3, -0.25) is 4.98 Å². The minimum atomic E-state index is -0.723. The van der Waals surface area contributed by atoms with Crippen molar-refractivity contribution in [2.75, 3.05) is 36.0 Å². The minimum Gasteiger partial charge on any atom is -0.390 e. The fourth-order valence-corrected chi connectivity index (χ4v) is 7.27. The molecule has 0 amide bonds. The molecule has 2 N–H and O–H groups in total. The van der Waals surface area contributed by atoms with E-state index in [1.165, 1.54) is 23.0 Å². The first-order chi connectivity index (χ1) is 18.7. The summed E-state index contributed by atoms with van der Waals surface area (Å²) >= 11 is 8.25. The van der Waals surface area contributed by atoms with Gasteiger partial charge >= 0.3 is 0 Å². The highest BCUT2D eigenvalue weighted by atomic mass is 35.5. The standard InChI is InChI=1S/C29H35ClN6O2S/c1-18-27(39-23-6-10-32-26(24(23)30)36-15-20(16-36)28(2,3)38)34-22(17-37)25(33-18)35-11-7-29(8-12-35)13-19-5-4-9-31-21(19)14-29/h4-6,9-10,20,37-38H,7-8,11-17H2,1-3H3. The Morgan fingerprint density at radius 2 is 1.82 bits per heavy atom. The second-order valence-corrected chi connectivity index (χ2v) is 13.2. The lowest BCUT2D eigenvalue weighted by atomic mass is 9.76. The number of aliphatic hydroxyl groups excluding tert-OH is 1. The van der Waals surface area contributed by atoms with E-state index in [1.807, 2.05) is 39.1 Å². The number of piperidine rings is 1. The van der Waals surface area contributed by atoms with Gasteiger partial charge in [-0.05, 0) is 69.6 Å². The first-order valence-corrected chi connectivity index (χ1v) is 14.8. The van der Waals surface area contributed by atoms with Crippen LogP contribution in [0.1, 0.15) is 49.3 Å². The Balaban J connectivity index is 1.17. The Hall–Kier alpha value is -2.46. The highest BCUT2D eigenvalue weighted by Crippen LogP contribution is 2.45. The summed E-state index contributed by atoms with van der Waals surface area (Å²) in [4.78, 5) is 24.1. The molecular formula is C29H35ClN6O2S. The largest absolute Gasteiger partial charge is 0.390 e. The van der Waals surface area contributed by atoms with Crippen molar-refractivity contribution in [3.63, 3.8) is 0 Å². The summed E-state index contributed by atoms with van der Waals surface area (Å²) in [5, 5.41) is 21.8. The first kappa shape index (κ1) is 26.7. The molecule has 0 saturated carbocycles. The van der Waals surface area contributed by atoms with Crippen molar-refractivity contribution in [3.8, 4) is 0 Å². The minimum absolute atomic E-state index is 0.172. The van der Waals surface area contributed by atoms with Crippen LogP contribution in [0, 0.1) is 18.3 Å². The molecule has 1 aliphatic carbocycles. The van der Waals surface area contributed by atoms with Crippen LogP contribution in [0.5, 0.6) is 0 Å². The molecule has 2 fully saturated rings. The Bertz CT molecular complexity index is 1360. The highest BCUT2D eigenvalue weighted by molar-refractivity contribution is 7.99. The first-order valence-electron chi connectivity index (χ1n) is 13.6. The molecule has 0 unspecified atom stereocenters. The van der Waals surface area contributed by atoms with Crippen LogP contribution in [-0.2, 0) is 19.4 Å². The molecular weight excluding hydrogens is 532 g/mol. The molecule has 0 aromatic carbocycles. The molecule has 8 nitrogen and oxygen atoms in total. The normalized spacial score (nSPS) is 18.9. The number of aromatic nitrogens is 4. The molecule has 3 aliphatic rings. The van der Waals surface area contributed by atoms with Gasteiger partial charge in [0.25, 0.3) is 0 Å². The lowest BCUT2D eigenvalue weighted by Gasteiger charge is -2.46. The SMILES string of the molecule is Cc1nc(N2CCC3(CC2)Cc2cccnc2C3)c(CO)nc1Sc1ccnc(N2CC(C(C)(C)O)C2)c1Cl. The summed E-state index contributed by atoms with van der Waals surface area (Å²) in [6, 6.07) is 6.14. The Labute approximate surface area is 238 Å². The number of hydrogen-bond donors (Lipinski definition) is 2. The van der Waals surface area contributed by atoms with E-state index >= 15 is 0 Å². The van der Waals surface area contributed by atoms with Gasteiger partial charge in [0.1, 0.15) is 16.5 Å². The number of aliphatic hydroxyl groups is 2. The zero-order valence-corrected chi connectivity index (χ0v) is 24.3. The van der Waals surface area contributed by atoms with Crippen LogP contribution in [0.15, 0.2) is 40.5 Å². The molecule has 0 radical (unpaired) electrons. The summed E-state index contributed by atoms with van der Waals surface area (Å²) in [5.41, 5.74) is 3.61. The van der Waals surface area contributed by atoms with E-state index in [4.69, 9.17) is 21.6 Å². The summed E-state index contributed by atoms with van der Waals surface area (Å²) in [6.07, 6.45) is 7.95. The summed E-state index contributed by atoms with van der Waals surface area (Å²) in [5.74, 6) is 1.69. The monoisotopic (exact) mass is 566 g/mol. The average Bonchev–Trinajstić information content (AvgIpc) is 3.23. The lowest BCUT2D eigenvalue weighted by Crippen LogP contribution is -2.56. The molecule has 206 valence electrons. The fourth-order valence-electron chi connectivity index (χ4n) is 6.06. The predicted molar refractivity (Wildman–Crippen MR) is 154 cm³/mol. The number of hydrogen-bond acceptors (Lipinski definition) is 9. The van der Waals surface area contributed by atoms with E-state index in [-0.39, 0.29) is 17.9 Å². The second-order valence-electron chi connectivity index (χ2n) is 11.8. The van der Waals surface area contributed by atoms with Gasteiger partial charge in [-0.25, -0.2) is 15.0 Å².